The Kier molecular flexibility index (Phi) is 4.29. The summed E-state index contributed by atoms with van der Waals surface area (Å²) in [4.78, 5) is 0.498. The van der Waals surface area contributed by atoms with E-state index in [-0.39, 0.29) is 5.95 Å². The highest BCUT2D eigenvalue weighted by Gasteiger charge is 2.34. The molecule has 0 aliphatic heterocycles. The predicted molar refractivity (Wildman–Crippen MR) is 70.8 cm³/mol. The lowest BCUT2D eigenvalue weighted by Gasteiger charge is -2.11. The first kappa shape index (κ1) is 16.5. The second kappa shape index (κ2) is 5.72. The van der Waals surface area contributed by atoms with E-state index in [1.54, 1.807) is 6.92 Å². The number of halogens is 4. The monoisotopic (exact) mass is 355 g/mol. The number of nitrogens with zero attached hydrogens (tertiary/aromatic N) is 4. The van der Waals surface area contributed by atoms with Crippen LogP contribution in [0, 0.1) is 0 Å². The molecule has 120 valence electrons. The van der Waals surface area contributed by atoms with Crippen LogP contribution in [0.4, 0.5) is 19.1 Å². The SMILES string of the molecule is CCn1nnc(NS(=O)(=O)c2ccc(Cl)c(C(F)(F)F)c2)n1. The second-order valence-corrected chi connectivity index (χ2v) is 6.14. The molecule has 0 unspecified atom stereocenters. The Morgan fingerprint density at radius 3 is 2.59 bits per heavy atom. The molecule has 0 radical (unpaired) electrons. The summed E-state index contributed by atoms with van der Waals surface area (Å²) < 4.78 is 64.3. The Morgan fingerprint density at radius 1 is 1.36 bits per heavy atom. The maximum Gasteiger partial charge on any atom is 0.417 e. The molecule has 1 aromatic carbocycles. The van der Waals surface area contributed by atoms with Crippen LogP contribution in [0.2, 0.25) is 5.02 Å². The number of sulfonamides is 1. The summed E-state index contributed by atoms with van der Waals surface area (Å²) in [6.45, 7) is 2.06. The molecule has 0 fully saturated rings. The lowest BCUT2D eigenvalue weighted by molar-refractivity contribution is -0.137. The van der Waals surface area contributed by atoms with Crippen molar-refractivity contribution < 1.29 is 21.6 Å². The van der Waals surface area contributed by atoms with Crippen LogP contribution >= 0.6 is 11.6 Å². The van der Waals surface area contributed by atoms with Crippen molar-refractivity contribution in [1.29, 1.82) is 0 Å². The lowest BCUT2D eigenvalue weighted by atomic mass is 10.2. The Morgan fingerprint density at radius 2 is 2.05 bits per heavy atom. The highest BCUT2D eigenvalue weighted by atomic mass is 35.5. The van der Waals surface area contributed by atoms with Crippen LogP contribution in [-0.4, -0.2) is 28.6 Å². The molecule has 0 aliphatic carbocycles. The molecule has 2 rings (SSSR count). The highest BCUT2D eigenvalue weighted by Crippen LogP contribution is 2.36. The average molecular weight is 356 g/mol. The number of benzene rings is 1. The van der Waals surface area contributed by atoms with Gasteiger partial charge in [0.05, 0.1) is 22.0 Å². The van der Waals surface area contributed by atoms with Gasteiger partial charge in [0.2, 0.25) is 0 Å². The summed E-state index contributed by atoms with van der Waals surface area (Å²) in [5, 5.41) is 10.0. The van der Waals surface area contributed by atoms with Crippen LogP contribution in [0.3, 0.4) is 0 Å². The van der Waals surface area contributed by atoms with E-state index < -0.39 is 31.7 Å². The molecular weight excluding hydrogens is 347 g/mol. The summed E-state index contributed by atoms with van der Waals surface area (Å²) in [6, 6.07) is 2.24. The third kappa shape index (κ3) is 3.47. The van der Waals surface area contributed by atoms with Crippen LogP contribution in [0.15, 0.2) is 23.1 Å². The minimum Gasteiger partial charge on any atom is -0.245 e. The molecule has 0 amide bonds. The summed E-state index contributed by atoms with van der Waals surface area (Å²) in [5.41, 5.74) is -1.25. The number of hydrogen-bond donors (Lipinski definition) is 1. The summed E-state index contributed by atoms with van der Waals surface area (Å²) in [5.74, 6) is -0.342. The van der Waals surface area contributed by atoms with Crippen molar-refractivity contribution in [2.24, 2.45) is 0 Å². The van der Waals surface area contributed by atoms with Crippen LogP contribution in [0.5, 0.6) is 0 Å². The van der Waals surface area contributed by atoms with Crippen LogP contribution < -0.4 is 4.72 Å². The van der Waals surface area contributed by atoms with E-state index in [4.69, 9.17) is 11.6 Å². The molecule has 0 saturated carbocycles. The van der Waals surface area contributed by atoms with Gasteiger partial charge in [0.15, 0.2) is 0 Å². The van der Waals surface area contributed by atoms with Crippen molar-refractivity contribution in [2.45, 2.75) is 24.5 Å². The van der Waals surface area contributed by atoms with Gasteiger partial charge in [-0.15, -0.1) is 5.10 Å². The Hall–Kier alpha value is -1.88. The first-order chi connectivity index (χ1) is 10.1. The van der Waals surface area contributed by atoms with E-state index in [9.17, 15) is 21.6 Å². The Labute approximate surface area is 128 Å². The third-order valence-corrected chi connectivity index (χ3v) is 4.17. The zero-order valence-corrected chi connectivity index (χ0v) is 12.5. The highest BCUT2D eigenvalue weighted by molar-refractivity contribution is 7.92. The summed E-state index contributed by atoms with van der Waals surface area (Å²) in [6.07, 6.45) is -4.77. The van der Waals surface area contributed by atoms with Gasteiger partial charge >= 0.3 is 6.18 Å². The quantitative estimate of drug-likeness (QED) is 0.907. The topological polar surface area (TPSA) is 89.8 Å². The molecule has 0 bridgehead atoms. The third-order valence-electron chi connectivity index (χ3n) is 2.51. The first-order valence-corrected chi connectivity index (χ1v) is 7.67. The van der Waals surface area contributed by atoms with Gasteiger partial charge < -0.3 is 0 Å². The van der Waals surface area contributed by atoms with Gasteiger partial charge in [0.1, 0.15) is 0 Å². The molecule has 7 nitrogen and oxygen atoms in total. The van der Waals surface area contributed by atoms with E-state index in [0.717, 1.165) is 16.9 Å². The van der Waals surface area contributed by atoms with Crippen molar-refractivity contribution in [1.82, 2.24) is 20.2 Å². The van der Waals surface area contributed by atoms with E-state index in [0.29, 0.717) is 12.6 Å². The average Bonchev–Trinajstić information content (AvgIpc) is 2.84. The number of aromatic nitrogens is 4. The molecule has 1 heterocycles. The van der Waals surface area contributed by atoms with E-state index in [1.807, 2.05) is 4.72 Å². The maximum absolute atomic E-state index is 12.8. The fourth-order valence-corrected chi connectivity index (χ4v) is 2.67. The van der Waals surface area contributed by atoms with Crippen molar-refractivity contribution in [3.05, 3.63) is 28.8 Å². The first-order valence-electron chi connectivity index (χ1n) is 5.81. The maximum atomic E-state index is 12.8. The number of anilines is 1. The minimum absolute atomic E-state index is 0.342. The van der Waals surface area contributed by atoms with Crippen molar-refractivity contribution in [2.75, 3.05) is 4.72 Å². The van der Waals surface area contributed by atoms with Crippen LogP contribution in [-0.2, 0) is 22.7 Å². The second-order valence-electron chi connectivity index (χ2n) is 4.05. The molecule has 0 aliphatic rings. The number of nitrogens with one attached hydrogen (secondary N) is 1. The number of hydrogen-bond acceptors (Lipinski definition) is 5. The van der Waals surface area contributed by atoms with Gasteiger partial charge in [0.25, 0.3) is 16.0 Å². The molecule has 0 spiro atoms. The molecule has 0 saturated heterocycles. The Bertz CT molecular complexity index is 790. The van der Waals surface area contributed by atoms with E-state index in [1.165, 1.54) is 0 Å². The van der Waals surface area contributed by atoms with Gasteiger partial charge in [-0.3, -0.25) is 0 Å². The largest absolute Gasteiger partial charge is 0.417 e. The molecular formula is C10H9ClF3N5O2S. The number of aryl methyl sites for hydroxylation is 1. The zero-order valence-electron chi connectivity index (χ0n) is 11.0. The van der Waals surface area contributed by atoms with Gasteiger partial charge in [-0.05, 0) is 30.3 Å². The van der Waals surface area contributed by atoms with Gasteiger partial charge in [-0.2, -0.15) is 18.0 Å². The van der Waals surface area contributed by atoms with Crippen molar-refractivity contribution in [3.8, 4) is 0 Å². The molecule has 0 atom stereocenters. The fraction of sp³-hybridized carbons (Fsp3) is 0.300. The fourth-order valence-electron chi connectivity index (χ4n) is 1.49. The standard InChI is InChI=1S/C10H9ClF3N5O2S/c1-2-19-16-9(15-18-19)17-22(20,21)6-3-4-8(11)7(5-6)10(12,13)14/h3-5H,2H2,1H3,(H,16,17). The van der Waals surface area contributed by atoms with E-state index in [2.05, 4.69) is 15.4 Å². The van der Waals surface area contributed by atoms with Gasteiger partial charge in [-0.1, -0.05) is 16.7 Å². The van der Waals surface area contributed by atoms with Crippen LogP contribution in [0.25, 0.3) is 0 Å². The predicted octanol–water partition coefficient (Wildman–Crippen LogP) is 2.17. The van der Waals surface area contributed by atoms with Crippen molar-refractivity contribution in [3.63, 3.8) is 0 Å². The molecule has 12 heteroatoms. The number of rotatable bonds is 4. The number of alkyl halides is 3. The normalized spacial score (nSPS) is 12.4. The number of tetrazole rings is 1. The minimum atomic E-state index is -4.77. The van der Waals surface area contributed by atoms with E-state index >= 15 is 0 Å². The molecule has 1 aromatic heterocycles. The van der Waals surface area contributed by atoms with Crippen molar-refractivity contribution >= 4 is 27.6 Å². The van der Waals surface area contributed by atoms with Gasteiger partial charge in [-0.25, -0.2) is 13.1 Å². The smallest absolute Gasteiger partial charge is 0.245 e. The lowest BCUT2D eigenvalue weighted by Crippen LogP contribution is -2.16. The summed E-state index contributed by atoms with van der Waals surface area (Å²) in [7, 11) is -4.29. The summed E-state index contributed by atoms with van der Waals surface area (Å²) >= 11 is 5.44. The zero-order chi connectivity index (χ0) is 16.5. The Balaban J connectivity index is 2.37. The molecule has 1 N–H and O–H groups in total. The van der Waals surface area contributed by atoms with Gasteiger partial charge in [0, 0.05) is 0 Å². The van der Waals surface area contributed by atoms with Crippen LogP contribution in [0.1, 0.15) is 12.5 Å². The molecule has 22 heavy (non-hydrogen) atoms. The molecule has 2 aromatic rings.